The van der Waals surface area contributed by atoms with Crippen LogP contribution in [-0.2, 0) is 10.0 Å². The Kier molecular flexibility index (Phi) is 4.02. The van der Waals surface area contributed by atoms with Crippen LogP contribution in [0.1, 0.15) is 23.0 Å². The summed E-state index contributed by atoms with van der Waals surface area (Å²) in [6.45, 7) is 1.30. The number of sulfonamides is 1. The van der Waals surface area contributed by atoms with E-state index in [1.54, 1.807) is 0 Å². The first-order valence-corrected chi connectivity index (χ1v) is 7.89. The van der Waals surface area contributed by atoms with E-state index < -0.39 is 26.3 Å². The molecule has 0 unspecified atom stereocenters. The number of carbonyl (C=O) groups is 1. The SMILES string of the molecule is CC(=O)c1csc(NS(=O)(=O)c2cccc(F)c2C#N)n1. The fourth-order valence-corrected chi connectivity index (χ4v) is 3.66. The average molecular weight is 325 g/mol. The largest absolute Gasteiger partial charge is 0.293 e. The number of nitriles is 1. The fourth-order valence-electron chi connectivity index (χ4n) is 1.49. The molecule has 0 radical (unpaired) electrons. The average Bonchev–Trinajstić information content (AvgIpc) is 2.86. The Bertz CT molecular complexity index is 853. The van der Waals surface area contributed by atoms with E-state index in [2.05, 4.69) is 9.71 Å². The zero-order valence-electron chi connectivity index (χ0n) is 10.6. The minimum atomic E-state index is -4.17. The molecule has 2 rings (SSSR count). The summed E-state index contributed by atoms with van der Waals surface area (Å²) in [6.07, 6.45) is 0. The van der Waals surface area contributed by atoms with Gasteiger partial charge < -0.3 is 0 Å². The van der Waals surface area contributed by atoms with Crippen LogP contribution >= 0.6 is 11.3 Å². The Morgan fingerprint density at radius 3 is 2.76 bits per heavy atom. The molecule has 0 aliphatic rings. The van der Waals surface area contributed by atoms with Crippen molar-refractivity contribution in [3.05, 3.63) is 40.7 Å². The molecule has 0 saturated heterocycles. The van der Waals surface area contributed by atoms with Crippen molar-refractivity contribution >= 4 is 32.3 Å². The number of halogens is 1. The van der Waals surface area contributed by atoms with Gasteiger partial charge in [-0.1, -0.05) is 6.07 Å². The highest BCUT2D eigenvalue weighted by Gasteiger charge is 2.22. The Hall–Kier alpha value is -2.31. The number of carbonyl (C=O) groups excluding carboxylic acids is 1. The van der Waals surface area contributed by atoms with Crippen LogP contribution in [0, 0.1) is 17.1 Å². The van der Waals surface area contributed by atoms with Crippen molar-refractivity contribution < 1.29 is 17.6 Å². The van der Waals surface area contributed by atoms with E-state index in [0.29, 0.717) is 0 Å². The molecule has 0 aliphatic carbocycles. The summed E-state index contributed by atoms with van der Waals surface area (Å²) in [5, 5.41) is 10.2. The second kappa shape index (κ2) is 5.59. The highest BCUT2D eigenvalue weighted by Crippen LogP contribution is 2.23. The van der Waals surface area contributed by atoms with Crippen molar-refractivity contribution in [2.75, 3.05) is 4.72 Å². The van der Waals surface area contributed by atoms with Crippen molar-refractivity contribution in [2.45, 2.75) is 11.8 Å². The van der Waals surface area contributed by atoms with Gasteiger partial charge in [0.2, 0.25) is 0 Å². The predicted molar refractivity (Wildman–Crippen MR) is 74.0 cm³/mol. The van der Waals surface area contributed by atoms with Crippen LogP contribution in [0.3, 0.4) is 0 Å². The van der Waals surface area contributed by atoms with Crippen molar-refractivity contribution in [3.8, 4) is 6.07 Å². The molecular weight excluding hydrogens is 317 g/mol. The molecule has 0 saturated carbocycles. The van der Waals surface area contributed by atoms with Gasteiger partial charge in [-0.25, -0.2) is 17.8 Å². The molecule has 1 N–H and O–H groups in total. The molecule has 108 valence electrons. The second-order valence-electron chi connectivity index (χ2n) is 3.92. The molecule has 2 aromatic rings. The van der Waals surface area contributed by atoms with Crippen LogP contribution < -0.4 is 4.72 Å². The number of hydrogen-bond donors (Lipinski definition) is 1. The maximum atomic E-state index is 13.5. The van der Waals surface area contributed by atoms with E-state index in [0.717, 1.165) is 23.5 Å². The summed E-state index contributed by atoms with van der Waals surface area (Å²) in [4.78, 5) is 14.4. The smallest absolute Gasteiger partial charge is 0.265 e. The van der Waals surface area contributed by atoms with Crippen molar-refractivity contribution in [1.29, 1.82) is 5.26 Å². The minimum absolute atomic E-state index is 0.0339. The van der Waals surface area contributed by atoms with Gasteiger partial charge in [-0.05, 0) is 12.1 Å². The van der Waals surface area contributed by atoms with Gasteiger partial charge >= 0.3 is 0 Å². The van der Waals surface area contributed by atoms with E-state index in [9.17, 15) is 17.6 Å². The van der Waals surface area contributed by atoms with Gasteiger partial charge in [0.1, 0.15) is 28.0 Å². The summed E-state index contributed by atoms with van der Waals surface area (Å²) in [5.41, 5.74) is -0.453. The van der Waals surface area contributed by atoms with E-state index in [-0.39, 0.29) is 16.6 Å². The molecule has 0 bridgehead atoms. The van der Waals surface area contributed by atoms with Gasteiger partial charge in [0.25, 0.3) is 10.0 Å². The summed E-state index contributed by atoms with van der Waals surface area (Å²) in [7, 11) is -4.17. The molecule has 0 amide bonds. The quantitative estimate of drug-likeness (QED) is 0.868. The first-order valence-electron chi connectivity index (χ1n) is 5.53. The highest BCUT2D eigenvalue weighted by molar-refractivity contribution is 7.93. The lowest BCUT2D eigenvalue weighted by Gasteiger charge is -2.07. The molecule has 0 fully saturated rings. The van der Waals surface area contributed by atoms with Crippen LogP contribution in [0.5, 0.6) is 0 Å². The third kappa shape index (κ3) is 3.07. The molecule has 1 aromatic heterocycles. The normalized spacial score (nSPS) is 10.9. The third-order valence-corrected chi connectivity index (χ3v) is 4.73. The predicted octanol–water partition coefficient (Wildman–Crippen LogP) is 2.16. The van der Waals surface area contributed by atoms with Crippen LogP contribution in [0.2, 0.25) is 0 Å². The number of benzene rings is 1. The lowest BCUT2D eigenvalue weighted by molar-refractivity contribution is 0.101. The number of Topliss-reactive ketones (excluding diaryl/α,β-unsaturated/α-hetero) is 1. The first-order chi connectivity index (χ1) is 9.85. The molecule has 6 nitrogen and oxygen atoms in total. The molecule has 1 aromatic carbocycles. The standard InChI is InChI=1S/C12H8FN3O3S2/c1-7(17)10-6-20-12(15-10)16-21(18,19)11-4-2-3-9(13)8(11)5-14/h2-4,6H,1H3,(H,15,16). The number of rotatable bonds is 4. The summed E-state index contributed by atoms with van der Waals surface area (Å²) in [5.74, 6) is -1.23. The zero-order valence-corrected chi connectivity index (χ0v) is 12.3. The number of hydrogen-bond acceptors (Lipinski definition) is 6. The number of nitrogens with one attached hydrogen (secondary N) is 1. The summed E-state index contributed by atoms with van der Waals surface area (Å²) >= 11 is 0.918. The number of ketones is 1. The van der Waals surface area contributed by atoms with Gasteiger partial charge in [0.15, 0.2) is 10.9 Å². The number of nitrogens with zero attached hydrogens (tertiary/aromatic N) is 2. The maximum Gasteiger partial charge on any atom is 0.265 e. The van der Waals surface area contributed by atoms with Gasteiger partial charge in [-0.15, -0.1) is 11.3 Å². The van der Waals surface area contributed by atoms with Crippen LogP contribution in [0.4, 0.5) is 9.52 Å². The highest BCUT2D eigenvalue weighted by atomic mass is 32.2. The third-order valence-electron chi connectivity index (χ3n) is 2.46. The van der Waals surface area contributed by atoms with Crippen molar-refractivity contribution in [3.63, 3.8) is 0 Å². The topological polar surface area (TPSA) is 99.9 Å². The molecule has 0 spiro atoms. The van der Waals surface area contributed by atoms with Crippen molar-refractivity contribution in [1.82, 2.24) is 4.98 Å². The Balaban J connectivity index is 2.41. The Morgan fingerprint density at radius 2 is 2.19 bits per heavy atom. The van der Waals surface area contributed by atoms with Gasteiger partial charge in [0, 0.05) is 12.3 Å². The van der Waals surface area contributed by atoms with Crippen molar-refractivity contribution in [2.24, 2.45) is 0 Å². The van der Waals surface area contributed by atoms with Crippen LogP contribution in [0.25, 0.3) is 0 Å². The maximum absolute atomic E-state index is 13.5. The fraction of sp³-hybridized carbons (Fsp3) is 0.0833. The lowest BCUT2D eigenvalue weighted by atomic mass is 10.2. The molecule has 0 atom stereocenters. The number of anilines is 1. The first kappa shape index (κ1) is 15.1. The van der Waals surface area contributed by atoms with E-state index in [4.69, 9.17) is 5.26 Å². The number of aromatic nitrogens is 1. The van der Waals surface area contributed by atoms with Gasteiger partial charge in [0.05, 0.1) is 0 Å². The second-order valence-corrected chi connectivity index (χ2v) is 6.43. The van der Waals surface area contributed by atoms with E-state index in [1.165, 1.54) is 24.4 Å². The summed E-state index contributed by atoms with van der Waals surface area (Å²) < 4.78 is 39.9. The number of thiazole rings is 1. The van der Waals surface area contributed by atoms with Crippen LogP contribution in [0.15, 0.2) is 28.5 Å². The summed E-state index contributed by atoms with van der Waals surface area (Å²) in [6, 6.07) is 4.81. The molecule has 21 heavy (non-hydrogen) atoms. The molecule has 0 aliphatic heterocycles. The van der Waals surface area contributed by atoms with Gasteiger partial charge in [-0.2, -0.15) is 5.26 Å². The Labute approximate surface area is 123 Å². The van der Waals surface area contributed by atoms with E-state index >= 15 is 0 Å². The monoisotopic (exact) mass is 325 g/mol. The zero-order chi connectivity index (χ0) is 15.6. The molecule has 1 heterocycles. The van der Waals surface area contributed by atoms with E-state index in [1.807, 2.05) is 0 Å². The van der Waals surface area contributed by atoms with Gasteiger partial charge in [-0.3, -0.25) is 9.52 Å². The Morgan fingerprint density at radius 1 is 1.48 bits per heavy atom. The molecule has 9 heteroatoms. The van der Waals surface area contributed by atoms with Crippen LogP contribution in [-0.4, -0.2) is 19.2 Å². The minimum Gasteiger partial charge on any atom is -0.293 e. The molecular formula is C12H8FN3O3S2. The lowest BCUT2D eigenvalue weighted by Crippen LogP contribution is -2.15.